The maximum Gasteiger partial charge on any atom is 0.144 e. The van der Waals surface area contributed by atoms with Crippen molar-refractivity contribution in [3.05, 3.63) is 24.0 Å². The summed E-state index contributed by atoms with van der Waals surface area (Å²) < 4.78 is 18.1. The molecule has 1 atom stereocenters. The molecule has 88 valence electrons. The highest BCUT2D eigenvalue weighted by Gasteiger charge is 2.23. The Hall–Kier alpha value is -1.25. The minimum Gasteiger partial charge on any atom is -0.494 e. The van der Waals surface area contributed by atoms with Gasteiger partial charge in [-0.25, -0.2) is 4.39 Å². The smallest absolute Gasteiger partial charge is 0.144 e. The largest absolute Gasteiger partial charge is 0.494 e. The highest BCUT2D eigenvalue weighted by molar-refractivity contribution is 5.56. The van der Waals surface area contributed by atoms with Crippen LogP contribution in [-0.4, -0.2) is 13.2 Å². The molecule has 0 aromatic heterocycles. The standard InChI is InChI=1S/C13H18FNO/c1-9(7-10-3-4-10)15-12-6-5-11(14)8-13(12)16-2/h5-6,8-10,15H,3-4,7H2,1-2H3. The molecule has 1 aliphatic carbocycles. The topological polar surface area (TPSA) is 21.3 Å². The van der Waals surface area contributed by atoms with Crippen molar-refractivity contribution in [3.63, 3.8) is 0 Å². The number of nitrogens with one attached hydrogen (secondary N) is 1. The summed E-state index contributed by atoms with van der Waals surface area (Å²) >= 11 is 0. The molecule has 0 saturated heterocycles. The molecule has 0 aliphatic heterocycles. The first-order chi connectivity index (χ1) is 7.69. The zero-order valence-electron chi connectivity index (χ0n) is 9.79. The van der Waals surface area contributed by atoms with Crippen molar-refractivity contribution in [1.29, 1.82) is 0 Å². The third kappa shape index (κ3) is 2.87. The van der Waals surface area contributed by atoms with Gasteiger partial charge in [0.25, 0.3) is 0 Å². The molecule has 0 amide bonds. The van der Waals surface area contributed by atoms with Crippen LogP contribution >= 0.6 is 0 Å². The van der Waals surface area contributed by atoms with Gasteiger partial charge in [-0.2, -0.15) is 0 Å². The molecule has 1 saturated carbocycles. The van der Waals surface area contributed by atoms with Crippen molar-refractivity contribution >= 4 is 5.69 Å². The van der Waals surface area contributed by atoms with Crippen LogP contribution in [0.4, 0.5) is 10.1 Å². The van der Waals surface area contributed by atoms with Crippen LogP contribution in [0.3, 0.4) is 0 Å². The molecule has 1 aliphatic rings. The van der Waals surface area contributed by atoms with Crippen LogP contribution in [0.15, 0.2) is 18.2 Å². The van der Waals surface area contributed by atoms with Crippen LogP contribution in [0, 0.1) is 11.7 Å². The third-order valence-electron chi connectivity index (χ3n) is 2.95. The second kappa shape index (κ2) is 4.73. The van der Waals surface area contributed by atoms with E-state index >= 15 is 0 Å². The third-order valence-corrected chi connectivity index (χ3v) is 2.95. The van der Waals surface area contributed by atoms with E-state index in [-0.39, 0.29) is 5.82 Å². The quantitative estimate of drug-likeness (QED) is 0.825. The summed E-state index contributed by atoms with van der Waals surface area (Å²) in [5.74, 6) is 1.19. The first-order valence-electron chi connectivity index (χ1n) is 5.79. The number of methoxy groups -OCH3 is 1. The van der Waals surface area contributed by atoms with Gasteiger partial charge in [0, 0.05) is 12.1 Å². The first-order valence-corrected chi connectivity index (χ1v) is 5.79. The van der Waals surface area contributed by atoms with Crippen molar-refractivity contribution in [1.82, 2.24) is 0 Å². The van der Waals surface area contributed by atoms with Crippen molar-refractivity contribution in [2.45, 2.75) is 32.2 Å². The number of hydrogen-bond acceptors (Lipinski definition) is 2. The fourth-order valence-corrected chi connectivity index (χ4v) is 1.96. The molecule has 16 heavy (non-hydrogen) atoms. The molecule has 1 N–H and O–H groups in total. The summed E-state index contributed by atoms with van der Waals surface area (Å²) in [6.45, 7) is 2.15. The van der Waals surface area contributed by atoms with Crippen molar-refractivity contribution in [2.75, 3.05) is 12.4 Å². The van der Waals surface area contributed by atoms with E-state index in [4.69, 9.17) is 4.74 Å². The van der Waals surface area contributed by atoms with Crippen LogP contribution in [0.25, 0.3) is 0 Å². The molecule has 2 nitrogen and oxygen atoms in total. The van der Waals surface area contributed by atoms with Gasteiger partial charge in [-0.15, -0.1) is 0 Å². The Labute approximate surface area is 95.8 Å². The van der Waals surface area contributed by atoms with E-state index in [1.54, 1.807) is 13.2 Å². The lowest BCUT2D eigenvalue weighted by Crippen LogP contribution is -2.16. The highest BCUT2D eigenvalue weighted by atomic mass is 19.1. The summed E-state index contributed by atoms with van der Waals surface area (Å²) in [4.78, 5) is 0. The normalized spacial score (nSPS) is 16.9. The Morgan fingerprint density at radius 1 is 1.50 bits per heavy atom. The van der Waals surface area contributed by atoms with Gasteiger partial charge in [0.2, 0.25) is 0 Å². The van der Waals surface area contributed by atoms with Crippen LogP contribution < -0.4 is 10.1 Å². The SMILES string of the molecule is COc1cc(F)ccc1NC(C)CC1CC1. The maximum atomic E-state index is 13.0. The molecule has 0 spiro atoms. The van der Waals surface area contributed by atoms with E-state index in [2.05, 4.69) is 12.2 Å². The summed E-state index contributed by atoms with van der Waals surface area (Å²) in [6.07, 6.45) is 3.89. The van der Waals surface area contributed by atoms with Crippen molar-refractivity contribution in [3.8, 4) is 5.75 Å². The van der Waals surface area contributed by atoms with Crippen LogP contribution in [0.5, 0.6) is 5.75 Å². The minimum atomic E-state index is -0.266. The molecule has 1 aromatic carbocycles. The fourth-order valence-electron chi connectivity index (χ4n) is 1.96. The van der Waals surface area contributed by atoms with Gasteiger partial charge in [-0.05, 0) is 31.4 Å². The van der Waals surface area contributed by atoms with Gasteiger partial charge in [0.15, 0.2) is 0 Å². The van der Waals surface area contributed by atoms with E-state index in [0.717, 1.165) is 11.6 Å². The lowest BCUT2D eigenvalue weighted by Gasteiger charge is -2.17. The molecule has 0 heterocycles. The number of rotatable bonds is 5. The molecule has 1 aromatic rings. The fraction of sp³-hybridized carbons (Fsp3) is 0.538. The second-order valence-corrected chi connectivity index (χ2v) is 4.57. The Balaban J connectivity index is 2.01. The molecule has 1 unspecified atom stereocenters. The monoisotopic (exact) mass is 223 g/mol. The van der Waals surface area contributed by atoms with Gasteiger partial charge < -0.3 is 10.1 Å². The molecule has 3 heteroatoms. The van der Waals surface area contributed by atoms with Gasteiger partial charge in [-0.3, -0.25) is 0 Å². The van der Waals surface area contributed by atoms with Crippen LogP contribution in [0.1, 0.15) is 26.2 Å². The number of halogens is 1. The number of ether oxygens (including phenoxy) is 1. The summed E-state index contributed by atoms with van der Waals surface area (Å²) in [5, 5.41) is 3.37. The van der Waals surface area contributed by atoms with E-state index < -0.39 is 0 Å². The summed E-state index contributed by atoms with van der Waals surface area (Å²) in [6, 6.07) is 5.00. The van der Waals surface area contributed by atoms with Crippen LogP contribution in [0.2, 0.25) is 0 Å². The molecular formula is C13H18FNO. The summed E-state index contributed by atoms with van der Waals surface area (Å²) in [7, 11) is 1.56. The summed E-state index contributed by atoms with van der Waals surface area (Å²) in [5.41, 5.74) is 0.872. The Morgan fingerprint density at radius 3 is 2.88 bits per heavy atom. The average molecular weight is 223 g/mol. The van der Waals surface area contributed by atoms with Gasteiger partial charge >= 0.3 is 0 Å². The predicted octanol–water partition coefficient (Wildman–Crippen LogP) is 3.43. The maximum absolute atomic E-state index is 13.0. The Morgan fingerprint density at radius 2 is 2.25 bits per heavy atom. The van der Waals surface area contributed by atoms with E-state index in [1.165, 1.54) is 31.4 Å². The molecule has 2 rings (SSSR count). The number of anilines is 1. The van der Waals surface area contributed by atoms with Gasteiger partial charge in [0.1, 0.15) is 11.6 Å². The van der Waals surface area contributed by atoms with E-state index in [1.807, 2.05) is 0 Å². The van der Waals surface area contributed by atoms with E-state index in [0.29, 0.717) is 11.8 Å². The molecule has 0 bridgehead atoms. The molecule has 0 radical (unpaired) electrons. The second-order valence-electron chi connectivity index (χ2n) is 4.57. The van der Waals surface area contributed by atoms with Crippen molar-refractivity contribution < 1.29 is 9.13 Å². The predicted molar refractivity (Wildman–Crippen MR) is 63.4 cm³/mol. The molecular weight excluding hydrogens is 205 g/mol. The Kier molecular flexibility index (Phi) is 3.32. The zero-order valence-corrected chi connectivity index (χ0v) is 9.79. The lowest BCUT2D eigenvalue weighted by molar-refractivity contribution is 0.412. The first kappa shape index (κ1) is 11.2. The van der Waals surface area contributed by atoms with Gasteiger partial charge in [0.05, 0.1) is 12.8 Å². The lowest BCUT2D eigenvalue weighted by atomic mass is 10.1. The van der Waals surface area contributed by atoms with Crippen LogP contribution in [-0.2, 0) is 0 Å². The highest BCUT2D eigenvalue weighted by Crippen LogP contribution is 2.35. The van der Waals surface area contributed by atoms with Gasteiger partial charge in [-0.1, -0.05) is 12.8 Å². The Bertz CT molecular complexity index is 363. The number of hydrogen-bond donors (Lipinski definition) is 1. The molecule has 1 fully saturated rings. The average Bonchev–Trinajstić information content (AvgIpc) is 3.04. The minimum absolute atomic E-state index is 0.266. The van der Waals surface area contributed by atoms with Crippen molar-refractivity contribution in [2.24, 2.45) is 5.92 Å². The van der Waals surface area contributed by atoms with E-state index in [9.17, 15) is 4.39 Å². The number of benzene rings is 1. The zero-order chi connectivity index (χ0) is 11.5.